The second-order valence-corrected chi connectivity index (χ2v) is 6.28. The van der Waals surface area contributed by atoms with Gasteiger partial charge < -0.3 is 14.9 Å². The Morgan fingerprint density at radius 1 is 1.13 bits per heavy atom. The van der Waals surface area contributed by atoms with Crippen LogP contribution in [-0.2, 0) is 22.5 Å². The lowest BCUT2D eigenvalue weighted by atomic mass is 9.94. The van der Waals surface area contributed by atoms with E-state index in [0.717, 1.165) is 43.2 Å². The van der Waals surface area contributed by atoms with Crippen molar-refractivity contribution in [1.82, 2.24) is 4.90 Å². The van der Waals surface area contributed by atoms with Crippen molar-refractivity contribution in [3.8, 4) is 5.75 Å². The Hall–Kier alpha value is -2.24. The van der Waals surface area contributed by atoms with Crippen molar-refractivity contribution in [3.05, 3.63) is 29.3 Å². The van der Waals surface area contributed by atoms with E-state index in [2.05, 4.69) is 0 Å². The maximum absolute atomic E-state index is 12.5. The van der Waals surface area contributed by atoms with Gasteiger partial charge >= 0.3 is 12.1 Å². The molecular weight excluding hydrogens is 298 g/mol. The van der Waals surface area contributed by atoms with E-state index in [0.29, 0.717) is 0 Å². The Kier molecular flexibility index (Phi) is 4.41. The molecule has 0 bridgehead atoms. The summed E-state index contributed by atoms with van der Waals surface area (Å²) in [6.45, 7) is 0.145. The molecule has 1 fully saturated rings. The van der Waals surface area contributed by atoms with Crippen molar-refractivity contribution < 1.29 is 24.5 Å². The SMILES string of the molecule is O=C(O)[C@H]1Cc2ccc(O)cc2CN1C(=O)OC1CCCCC1. The molecule has 124 valence electrons. The van der Waals surface area contributed by atoms with Crippen LogP contribution in [0.4, 0.5) is 4.79 Å². The van der Waals surface area contributed by atoms with Gasteiger partial charge in [-0.2, -0.15) is 0 Å². The average molecular weight is 319 g/mol. The van der Waals surface area contributed by atoms with Crippen LogP contribution in [0.5, 0.6) is 5.75 Å². The van der Waals surface area contributed by atoms with Gasteiger partial charge in [0.1, 0.15) is 17.9 Å². The van der Waals surface area contributed by atoms with Crippen LogP contribution in [0.1, 0.15) is 43.2 Å². The first-order valence-electron chi connectivity index (χ1n) is 8.05. The molecule has 6 nitrogen and oxygen atoms in total. The molecule has 1 aliphatic heterocycles. The van der Waals surface area contributed by atoms with Crippen molar-refractivity contribution in [2.75, 3.05) is 0 Å². The van der Waals surface area contributed by atoms with Crippen molar-refractivity contribution in [2.45, 2.75) is 57.2 Å². The number of ether oxygens (including phenoxy) is 1. The molecule has 23 heavy (non-hydrogen) atoms. The Balaban J connectivity index is 1.77. The molecule has 2 aliphatic rings. The van der Waals surface area contributed by atoms with Crippen LogP contribution in [0, 0.1) is 0 Å². The molecule has 1 amide bonds. The molecule has 6 heteroatoms. The van der Waals surface area contributed by atoms with Gasteiger partial charge in [-0.3, -0.25) is 4.90 Å². The third-order valence-corrected chi connectivity index (χ3v) is 4.66. The van der Waals surface area contributed by atoms with Gasteiger partial charge in [0, 0.05) is 6.42 Å². The van der Waals surface area contributed by atoms with Crippen LogP contribution >= 0.6 is 0 Å². The number of phenolic OH excluding ortho intramolecular Hbond substituents is 1. The number of aliphatic carboxylic acids is 1. The minimum absolute atomic E-state index is 0.109. The average Bonchev–Trinajstić information content (AvgIpc) is 2.54. The first-order chi connectivity index (χ1) is 11.0. The quantitative estimate of drug-likeness (QED) is 0.875. The number of benzene rings is 1. The molecule has 1 saturated carbocycles. The summed E-state index contributed by atoms with van der Waals surface area (Å²) in [6.07, 6.45) is 4.46. The number of amides is 1. The molecule has 2 N–H and O–H groups in total. The van der Waals surface area contributed by atoms with Crippen molar-refractivity contribution in [3.63, 3.8) is 0 Å². The second kappa shape index (κ2) is 6.48. The van der Waals surface area contributed by atoms with Crippen LogP contribution in [0.25, 0.3) is 0 Å². The van der Waals surface area contributed by atoms with Gasteiger partial charge in [0.05, 0.1) is 6.54 Å². The van der Waals surface area contributed by atoms with E-state index in [1.54, 1.807) is 12.1 Å². The second-order valence-electron chi connectivity index (χ2n) is 6.28. The number of carboxylic acid groups (broad SMARTS) is 1. The fourth-order valence-electron chi connectivity index (χ4n) is 3.38. The van der Waals surface area contributed by atoms with E-state index in [4.69, 9.17) is 4.74 Å². The lowest BCUT2D eigenvalue weighted by molar-refractivity contribution is -0.143. The molecule has 0 saturated heterocycles. The lowest BCUT2D eigenvalue weighted by Gasteiger charge is -2.35. The van der Waals surface area contributed by atoms with Crippen molar-refractivity contribution in [1.29, 1.82) is 0 Å². The van der Waals surface area contributed by atoms with Gasteiger partial charge in [-0.05, 0) is 48.9 Å². The van der Waals surface area contributed by atoms with E-state index >= 15 is 0 Å². The summed E-state index contributed by atoms with van der Waals surface area (Å²) in [5, 5.41) is 19.0. The van der Waals surface area contributed by atoms with E-state index in [-0.39, 0.29) is 24.8 Å². The van der Waals surface area contributed by atoms with Gasteiger partial charge in [0.25, 0.3) is 0 Å². The molecule has 1 aromatic carbocycles. The van der Waals surface area contributed by atoms with Crippen LogP contribution in [0.2, 0.25) is 0 Å². The highest BCUT2D eigenvalue weighted by atomic mass is 16.6. The smallest absolute Gasteiger partial charge is 0.411 e. The molecule has 0 spiro atoms. The first kappa shape index (κ1) is 15.6. The summed E-state index contributed by atoms with van der Waals surface area (Å²) in [5.41, 5.74) is 1.61. The number of carbonyl (C=O) groups excluding carboxylic acids is 1. The number of carbonyl (C=O) groups is 2. The molecule has 3 rings (SSSR count). The normalized spacial score (nSPS) is 21.6. The van der Waals surface area contributed by atoms with E-state index in [9.17, 15) is 19.8 Å². The summed E-state index contributed by atoms with van der Waals surface area (Å²) in [6, 6.07) is 3.90. The van der Waals surface area contributed by atoms with Gasteiger partial charge in [-0.25, -0.2) is 9.59 Å². The van der Waals surface area contributed by atoms with Gasteiger partial charge in [0.15, 0.2) is 0 Å². The zero-order chi connectivity index (χ0) is 16.4. The number of hydrogen-bond acceptors (Lipinski definition) is 4. The Morgan fingerprint density at radius 3 is 2.57 bits per heavy atom. The largest absolute Gasteiger partial charge is 0.508 e. The summed E-state index contributed by atoms with van der Waals surface area (Å²) in [7, 11) is 0. The van der Waals surface area contributed by atoms with Crippen LogP contribution < -0.4 is 0 Å². The Bertz CT molecular complexity index is 609. The maximum Gasteiger partial charge on any atom is 0.411 e. The summed E-state index contributed by atoms with van der Waals surface area (Å²) in [5.74, 6) is -0.928. The molecule has 0 radical (unpaired) electrons. The van der Waals surface area contributed by atoms with E-state index < -0.39 is 18.1 Å². The third kappa shape index (κ3) is 3.41. The first-order valence-corrected chi connectivity index (χ1v) is 8.05. The van der Waals surface area contributed by atoms with Crippen molar-refractivity contribution in [2.24, 2.45) is 0 Å². The Morgan fingerprint density at radius 2 is 1.87 bits per heavy atom. The van der Waals surface area contributed by atoms with E-state index in [1.807, 2.05) is 0 Å². The highest BCUT2D eigenvalue weighted by molar-refractivity contribution is 5.81. The van der Waals surface area contributed by atoms with Gasteiger partial charge in [-0.1, -0.05) is 12.5 Å². The summed E-state index contributed by atoms with van der Waals surface area (Å²) >= 11 is 0. The van der Waals surface area contributed by atoms with Gasteiger partial charge in [-0.15, -0.1) is 0 Å². The van der Waals surface area contributed by atoms with Gasteiger partial charge in [0.2, 0.25) is 0 Å². The number of rotatable bonds is 2. The van der Waals surface area contributed by atoms with Crippen molar-refractivity contribution >= 4 is 12.1 Å². The minimum Gasteiger partial charge on any atom is -0.508 e. The highest BCUT2D eigenvalue weighted by Gasteiger charge is 2.36. The molecule has 1 atom stereocenters. The highest BCUT2D eigenvalue weighted by Crippen LogP contribution is 2.28. The number of fused-ring (bicyclic) bond motifs is 1. The standard InChI is InChI=1S/C17H21NO5/c19-13-7-6-11-9-15(16(20)21)18(10-12(11)8-13)17(22)23-14-4-2-1-3-5-14/h6-8,14-15,19H,1-5,9-10H2,(H,20,21)/t15-/m1/s1. The topological polar surface area (TPSA) is 87.1 Å². The van der Waals surface area contributed by atoms with Crippen LogP contribution in [0.3, 0.4) is 0 Å². The zero-order valence-electron chi connectivity index (χ0n) is 12.9. The predicted octanol–water partition coefficient (Wildman–Crippen LogP) is 2.67. The molecular formula is C17H21NO5. The number of carboxylic acids is 1. The maximum atomic E-state index is 12.5. The third-order valence-electron chi connectivity index (χ3n) is 4.66. The molecule has 0 unspecified atom stereocenters. The molecule has 0 aromatic heterocycles. The zero-order valence-corrected chi connectivity index (χ0v) is 12.9. The molecule has 1 aromatic rings. The molecule has 1 heterocycles. The number of nitrogens with zero attached hydrogens (tertiary/aromatic N) is 1. The fraction of sp³-hybridized carbons (Fsp3) is 0.529. The van der Waals surface area contributed by atoms with E-state index in [1.165, 1.54) is 11.0 Å². The minimum atomic E-state index is -1.04. The monoisotopic (exact) mass is 319 g/mol. The fourth-order valence-corrected chi connectivity index (χ4v) is 3.38. The number of phenols is 1. The van der Waals surface area contributed by atoms with Crippen LogP contribution in [-0.4, -0.2) is 39.3 Å². The predicted molar refractivity (Wildman–Crippen MR) is 82.1 cm³/mol. The number of hydrogen-bond donors (Lipinski definition) is 2. The Labute approximate surface area is 134 Å². The molecule has 1 aliphatic carbocycles. The summed E-state index contributed by atoms with van der Waals surface area (Å²) < 4.78 is 5.52. The summed E-state index contributed by atoms with van der Waals surface area (Å²) in [4.78, 5) is 25.3. The number of aromatic hydroxyl groups is 1. The lowest BCUT2D eigenvalue weighted by Crippen LogP contribution is -2.49. The van der Waals surface area contributed by atoms with Crippen LogP contribution in [0.15, 0.2) is 18.2 Å².